The summed E-state index contributed by atoms with van der Waals surface area (Å²) >= 11 is 0. The van der Waals surface area contributed by atoms with Crippen LogP contribution in [0.3, 0.4) is 0 Å². The summed E-state index contributed by atoms with van der Waals surface area (Å²) in [6, 6.07) is 0. The Kier molecular flexibility index (Phi) is 3.08. The van der Waals surface area contributed by atoms with Crippen LogP contribution in [0, 0.1) is 0 Å². The summed E-state index contributed by atoms with van der Waals surface area (Å²) in [6.45, 7) is 1.14. The molecule has 0 saturated heterocycles. The highest BCUT2D eigenvalue weighted by atomic mass is 16.3. The van der Waals surface area contributed by atoms with Crippen molar-refractivity contribution in [2.75, 3.05) is 27.2 Å². The van der Waals surface area contributed by atoms with Crippen LogP contribution >= 0.6 is 0 Å². The molecule has 2 heteroatoms. The van der Waals surface area contributed by atoms with E-state index in [-0.39, 0.29) is 0 Å². The van der Waals surface area contributed by atoms with Gasteiger partial charge in [-0.25, -0.2) is 0 Å². The van der Waals surface area contributed by atoms with E-state index in [9.17, 15) is 0 Å². The van der Waals surface area contributed by atoms with Crippen molar-refractivity contribution >= 4 is 0 Å². The van der Waals surface area contributed by atoms with E-state index in [0.717, 1.165) is 6.54 Å². The fourth-order valence-electron chi connectivity index (χ4n) is 0.224. The molecule has 0 fully saturated rings. The predicted octanol–water partition coefficient (Wildman–Crippen LogP) is -1.88. The van der Waals surface area contributed by atoms with Crippen LogP contribution < -0.4 is 4.90 Å². The Morgan fingerprint density at radius 2 is 2.00 bits per heavy atom. The van der Waals surface area contributed by atoms with Crippen LogP contribution in [0.1, 0.15) is 0 Å². The number of hydrogen-bond donors (Lipinski definition) is 2. The normalized spacial score (nSPS) is 10.0. The Morgan fingerprint density at radius 1 is 1.50 bits per heavy atom. The smallest absolute Gasteiger partial charge is 0.100 e. The summed E-state index contributed by atoms with van der Waals surface area (Å²) in [5.74, 6) is 0. The molecule has 0 aromatic carbocycles. The van der Waals surface area contributed by atoms with Crippen molar-refractivity contribution in [3.63, 3.8) is 0 Å². The van der Waals surface area contributed by atoms with Crippen LogP contribution in [-0.4, -0.2) is 32.4 Å². The maximum atomic E-state index is 8.22. The van der Waals surface area contributed by atoms with Gasteiger partial charge in [-0.15, -0.1) is 0 Å². The first kappa shape index (κ1) is 5.92. The Labute approximate surface area is 38.4 Å². The lowest BCUT2D eigenvalue weighted by Crippen LogP contribution is -3.06. The van der Waals surface area contributed by atoms with Crippen LogP contribution in [0.2, 0.25) is 0 Å². The molecule has 0 aromatic rings. The topological polar surface area (TPSA) is 24.7 Å². The Hall–Kier alpha value is -0.0800. The molecule has 0 spiro atoms. The highest BCUT2D eigenvalue weighted by Crippen LogP contribution is 1.35. The van der Waals surface area contributed by atoms with Crippen molar-refractivity contribution in [2.45, 2.75) is 0 Å². The zero-order valence-corrected chi connectivity index (χ0v) is 4.36. The van der Waals surface area contributed by atoms with E-state index >= 15 is 0 Å². The molecule has 0 bridgehead atoms. The molecule has 0 aliphatic rings. The maximum absolute atomic E-state index is 8.22. The van der Waals surface area contributed by atoms with Crippen LogP contribution in [0.4, 0.5) is 0 Å². The Morgan fingerprint density at radius 3 is 2.00 bits per heavy atom. The molecule has 2 nitrogen and oxygen atoms in total. The van der Waals surface area contributed by atoms with E-state index in [0.29, 0.717) is 6.61 Å². The molecule has 0 aromatic heterocycles. The van der Waals surface area contributed by atoms with Crippen molar-refractivity contribution in [1.82, 2.24) is 0 Å². The molecular formula is C4H12NO+. The van der Waals surface area contributed by atoms with E-state index in [1.165, 1.54) is 4.90 Å². The maximum Gasteiger partial charge on any atom is 0.100 e. The second-order valence-electron chi connectivity index (χ2n) is 1.68. The number of likely N-dealkylation sites (N-methyl/N-ethyl adjacent to an activating group) is 1. The average Bonchev–Trinajstić information content (AvgIpc) is 1.35. The third-order valence-corrected chi connectivity index (χ3v) is 0.612. The lowest BCUT2D eigenvalue weighted by atomic mass is 10.6. The molecule has 0 heterocycles. The number of rotatable bonds is 2. The average molecular weight is 90.1 g/mol. The Balaban J connectivity index is 2.63. The van der Waals surface area contributed by atoms with Gasteiger partial charge < -0.3 is 10.0 Å². The summed E-state index contributed by atoms with van der Waals surface area (Å²) in [4.78, 5) is 1.29. The third-order valence-electron chi connectivity index (χ3n) is 0.612. The fourth-order valence-corrected chi connectivity index (χ4v) is 0.224. The van der Waals surface area contributed by atoms with E-state index < -0.39 is 0 Å². The van der Waals surface area contributed by atoms with Gasteiger partial charge in [-0.2, -0.15) is 0 Å². The van der Waals surface area contributed by atoms with E-state index in [2.05, 4.69) is 0 Å². The van der Waals surface area contributed by atoms with Crippen LogP contribution in [0.5, 0.6) is 0 Å². The summed E-state index contributed by atoms with van der Waals surface area (Å²) < 4.78 is 0. The van der Waals surface area contributed by atoms with E-state index in [4.69, 9.17) is 5.11 Å². The number of aliphatic hydroxyl groups excluding tert-OH is 1. The largest absolute Gasteiger partial charge is 0.391 e. The lowest BCUT2D eigenvalue weighted by Gasteiger charge is -2.00. The van der Waals surface area contributed by atoms with Gasteiger partial charge in [0.05, 0.1) is 20.7 Å². The van der Waals surface area contributed by atoms with Crippen LogP contribution in [0.15, 0.2) is 0 Å². The number of hydrogen-bond acceptors (Lipinski definition) is 1. The van der Waals surface area contributed by atoms with Gasteiger partial charge in [0.2, 0.25) is 0 Å². The minimum atomic E-state index is 0.294. The molecule has 0 aliphatic heterocycles. The van der Waals surface area contributed by atoms with Gasteiger partial charge in [-0.05, 0) is 0 Å². The van der Waals surface area contributed by atoms with Gasteiger partial charge in [0.1, 0.15) is 6.54 Å². The molecule has 0 radical (unpaired) electrons. The summed E-state index contributed by atoms with van der Waals surface area (Å²) in [7, 11) is 4.02. The molecule has 0 atom stereocenters. The predicted molar refractivity (Wildman–Crippen MR) is 24.8 cm³/mol. The fraction of sp³-hybridized carbons (Fsp3) is 1.00. The number of quaternary nitrogens is 1. The van der Waals surface area contributed by atoms with E-state index in [1.54, 1.807) is 0 Å². The standard InChI is InChI=1S/C4H11NO/c1-5(2)3-4-6/h6H,3-4H2,1-2H3/p+1. The highest BCUT2D eigenvalue weighted by Gasteiger charge is 1.84. The summed E-state index contributed by atoms with van der Waals surface area (Å²) in [6.07, 6.45) is 0. The van der Waals surface area contributed by atoms with Crippen molar-refractivity contribution in [2.24, 2.45) is 0 Å². The second-order valence-corrected chi connectivity index (χ2v) is 1.68. The first-order chi connectivity index (χ1) is 2.77. The molecule has 2 N–H and O–H groups in total. The molecule has 0 aliphatic carbocycles. The zero-order valence-electron chi connectivity index (χ0n) is 4.36. The molecule has 0 saturated carbocycles. The molecule has 0 rings (SSSR count). The van der Waals surface area contributed by atoms with Gasteiger partial charge in [0.25, 0.3) is 0 Å². The molecular weight excluding hydrogens is 78.0 g/mol. The number of aliphatic hydroxyl groups is 1. The quantitative estimate of drug-likeness (QED) is 0.407. The lowest BCUT2D eigenvalue weighted by molar-refractivity contribution is -0.858. The van der Waals surface area contributed by atoms with Gasteiger partial charge in [-0.1, -0.05) is 0 Å². The SMILES string of the molecule is C[NH+](C)CCO. The van der Waals surface area contributed by atoms with Gasteiger partial charge >= 0.3 is 0 Å². The Bertz CT molecular complexity index is 28.7. The van der Waals surface area contributed by atoms with E-state index in [1.807, 2.05) is 14.1 Å². The molecule has 0 amide bonds. The summed E-state index contributed by atoms with van der Waals surface area (Å²) in [5, 5.41) is 8.22. The summed E-state index contributed by atoms with van der Waals surface area (Å²) in [5.41, 5.74) is 0. The second kappa shape index (κ2) is 3.12. The zero-order chi connectivity index (χ0) is 4.99. The monoisotopic (exact) mass is 90.1 g/mol. The molecule has 6 heavy (non-hydrogen) atoms. The van der Waals surface area contributed by atoms with Gasteiger partial charge in [0.15, 0.2) is 0 Å². The minimum absolute atomic E-state index is 0.294. The third kappa shape index (κ3) is 3.92. The van der Waals surface area contributed by atoms with Crippen molar-refractivity contribution in [3.05, 3.63) is 0 Å². The van der Waals surface area contributed by atoms with Gasteiger partial charge in [-0.3, -0.25) is 0 Å². The minimum Gasteiger partial charge on any atom is -0.391 e. The van der Waals surface area contributed by atoms with Crippen molar-refractivity contribution in [1.29, 1.82) is 0 Å². The first-order valence-corrected chi connectivity index (χ1v) is 2.17. The van der Waals surface area contributed by atoms with Crippen LogP contribution in [0.25, 0.3) is 0 Å². The molecule has 38 valence electrons. The highest BCUT2D eigenvalue weighted by molar-refractivity contribution is 4.10. The van der Waals surface area contributed by atoms with Gasteiger partial charge in [0, 0.05) is 0 Å². The van der Waals surface area contributed by atoms with Crippen LogP contribution in [-0.2, 0) is 0 Å². The molecule has 0 unspecified atom stereocenters. The van der Waals surface area contributed by atoms with Crippen molar-refractivity contribution < 1.29 is 10.0 Å². The van der Waals surface area contributed by atoms with Crippen molar-refractivity contribution in [3.8, 4) is 0 Å². The number of nitrogens with one attached hydrogen (secondary N) is 1. The first-order valence-electron chi connectivity index (χ1n) is 2.17.